The van der Waals surface area contributed by atoms with Gasteiger partial charge in [-0.05, 0) is 47.4 Å². The third-order valence-electron chi connectivity index (χ3n) is 4.56. The lowest BCUT2D eigenvalue weighted by atomic mass is 9.97. The van der Waals surface area contributed by atoms with Gasteiger partial charge >= 0.3 is 6.18 Å². The molecular weight excluding hydrogens is 377 g/mol. The van der Waals surface area contributed by atoms with Gasteiger partial charge in [0.25, 0.3) is 0 Å². The first kappa shape index (κ1) is 20.3. The van der Waals surface area contributed by atoms with Crippen LogP contribution in [0.5, 0.6) is 0 Å². The van der Waals surface area contributed by atoms with Crippen LogP contribution in [0.15, 0.2) is 78.9 Å². The van der Waals surface area contributed by atoms with Crippen LogP contribution in [-0.2, 0) is 6.18 Å². The molecule has 146 valence electrons. The molecule has 0 aliphatic carbocycles. The summed E-state index contributed by atoms with van der Waals surface area (Å²) in [5, 5.41) is 0. The Morgan fingerprint density at radius 3 is 2.21 bits per heavy atom. The summed E-state index contributed by atoms with van der Waals surface area (Å²) in [7, 11) is 0. The van der Waals surface area contributed by atoms with Crippen LogP contribution in [0.3, 0.4) is 0 Å². The smallest absolute Gasteiger partial charge is 0.298 e. The van der Waals surface area contributed by atoms with Gasteiger partial charge in [0.2, 0.25) is 0 Å². The average molecular weight is 394 g/mol. The molecule has 0 aliphatic heterocycles. The van der Waals surface area contributed by atoms with Gasteiger partial charge in [-0.2, -0.15) is 13.2 Å². The molecule has 0 heterocycles. The fourth-order valence-corrected chi connectivity index (χ4v) is 2.98. The third-order valence-corrected chi connectivity index (χ3v) is 4.56. The van der Waals surface area contributed by atoms with Crippen LogP contribution >= 0.6 is 0 Å². The minimum atomic E-state index is -4.44. The lowest BCUT2D eigenvalue weighted by Gasteiger charge is -2.09. The Labute approximate surface area is 166 Å². The summed E-state index contributed by atoms with van der Waals surface area (Å²) in [6.07, 6.45) is -2.34. The van der Waals surface area contributed by atoms with Crippen molar-refractivity contribution in [1.82, 2.24) is 0 Å². The molecule has 2 nitrogen and oxygen atoms in total. The molecule has 0 bridgehead atoms. The summed E-state index contributed by atoms with van der Waals surface area (Å²) in [5.41, 5.74) is 2.53. The Balaban J connectivity index is 1.85. The first-order valence-electron chi connectivity index (χ1n) is 8.84. The molecule has 5 heteroatoms. The van der Waals surface area contributed by atoms with E-state index in [1.54, 1.807) is 43.3 Å². The van der Waals surface area contributed by atoms with Crippen molar-refractivity contribution in [3.05, 3.63) is 101 Å². The molecule has 29 heavy (non-hydrogen) atoms. The van der Waals surface area contributed by atoms with E-state index in [0.717, 1.165) is 29.5 Å². The highest BCUT2D eigenvalue weighted by Gasteiger charge is 2.30. The van der Waals surface area contributed by atoms with Gasteiger partial charge in [0, 0.05) is 11.1 Å². The van der Waals surface area contributed by atoms with Crippen molar-refractivity contribution in [3.8, 4) is 11.1 Å². The second-order valence-electron chi connectivity index (χ2n) is 6.55. The SMILES string of the molecule is CC(=CC(=O)c1ccc(-c2ccccc2C=O)cc1)c1cccc(C(F)(F)F)c1. The van der Waals surface area contributed by atoms with Gasteiger partial charge < -0.3 is 0 Å². The molecule has 0 unspecified atom stereocenters. The molecular formula is C24H17F3O2. The lowest BCUT2D eigenvalue weighted by Crippen LogP contribution is -2.05. The highest BCUT2D eigenvalue weighted by molar-refractivity contribution is 6.08. The zero-order valence-electron chi connectivity index (χ0n) is 15.5. The third kappa shape index (κ3) is 4.69. The van der Waals surface area contributed by atoms with E-state index in [0.29, 0.717) is 22.3 Å². The molecule has 3 aromatic carbocycles. The molecule has 0 radical (unpaired) electrons. The number of carbonyl (C=O) groups excluding carboxylic acids is 2. The summed E-state index contributed by atoms with van der Waals surface area (Å²) in [5.74, 6) is -0.310. The molecule has 0 saturated carbocycles. The van der Waals surface area contributed by atoms with E-state index in [9.17, 15) is 22.8 Å². The first-order valence-corrected chi connectivity index (χ1v) is 8.84. The molecule has 0 atom stereocenters. The predicted octanol–water partition coefficient (Wildman–Crippen LogP) is 6.47. The number of alkyl halides is 3. The highest BCUT2D eigenvalue weighted by atomic mass is 19.4. The Kier molecular flexibility index (Phi) is 5.78. The second kappa shape index (κ2) is 8.27. The normalized spacial score (nSPS) is 11.9. The van der Waals surface area contributed by atoms with Crippen molar-refractivity contribution in [3.63, 3.8) is 0 Å². The molecule has 0 saturated heterocycles. The fourth-order valence-electron chi connectivity index (χ4n) is 2.98. The maximum absolute atomic E-state index is 12.9. The van der Waals surface area contributed by atoms with Crippen LogP contribution in [-0.4, -0.2) is 12.1 Å². The Morgan fingerprint density at radius 1 is 0.862 bits per heavy atom. The minimum Gasteiger partial charge on any atom is -0.298 e. The van der Waals surface area contributed by atoms with Crippen LogP contribution in [0.1, 0.15) is 38.8 Å². The number of ketones is 1. The van der Waals surface area contributed by atoms with Crippen LogP contribution in [0.2, 0.25) is 0 Å². The van der Waals surface area contributed by atoms with Gasteiger partial charge in [0.15, 0.2) is 12.1 Å². The lowest BCUT2D eigenvalue weighted by molar-refractivity contribution is -0.137. The van der Waals surface area contributed by atoms with Gasteiger partial charge in [0.05, 0.1) is 5.56 Å². The Morgan fingerprint density at radius 2 is 1.55 bits per heavy atom. The van der Waals surface area contributed by atoms with E-state index in [-0.39, 0.29) is 5.78 Å². The number of rotatable bonds is 5. The monoisotopic (exact) mass is 394 g/mol. The van der Waals surface area contributed by atoms with Crippen LogP contribution in [0.25, 0.3) is 16.7 Å². The van der Waals surface area contributed by atoms with E-state index < -0.39 is 11.7 Å². The number of hydrogen-bond donors (Lipinski definition) is 0. The maximum atomic E-state index is 12.9. The molecule has 0 fully saturated rings. The topological polar surface area (TPSA) is 34.1 Å². The van der Waals surface area contributed by atoms with Gasteiger partial charge in [-0.15, -0.1) is 0 Å². The van der Waals surface area contributed by atoms with Gasteiger partial charge in [-0.3, -0.25) is 9.59 Å². The average Bonchev–Trinajstić information content (AvgIpc) is 2.73. The molecule has 3 rings (SSSR count). The van der Waals surface area contributed by atoms with Crippen molar-refractivity contribution in [2.75, 3.05) is 0 Å². The Bertz CT molecular complexity index is 1080. The summed E-state index contributed by atoms with van der Waals surface area (Å²) >= 11 is 0. The second-order valence-corrected chi connectivity index (χ2v) is 6.55. The molecule has 0 N–H and O–H groups in total. The van der Waals surface area contributed by atoms with E-state index in [1.807, 2.05) is 12.1 Å². The number of benzene rings is 3. The van der Waals surface area contributed by atoms with E-state index >= 15 is 0 Å². The van der Waals surface area contributed by atoms with Crippen LogP contribution in [0, 0.1) is 0 Å². The predicted molar refractivity (Wildman–Crippen MR) is 107 cm³/mol. The number of halogens is 3. The molecule has 3 aromatic rings. The minimum absolute atomic E-state index is 0.310. The standard InChI is InChI=1S/C24H17F3O2/c1-16(19-6-4-7-21(14-19)24(25,26)27)13-23(29)18-11-9-17(10-12-18)22-8-3-2-5-20(22)15-28/h2-15H,1H3. The number of allylic oxidation sites excluding steroid dienone is 2. The molecule has 0 aromatic heterocycles. The quantitative estimate of drug-likeness (QED) is 0.282. The van der Waals surface area contributed by atoms with Crippen LogP contribution < -0.4 is 0 Å². The van der Waals surface area contributed by atoms with E-state index in [1.165, 1.54) is 18.2 Å². The molecule has 0 amide bonds. The number of carbonyl (C=O) groups is 2. The van der Waals surface area contributed by atoms with Gasteiger partial charge in [0.1, 0.15) is 0 Å². The van der Waals surface area contributed by atoms with Crippen molar-refractivity contribution in [2.24, 2.45) is 0 Å². The van der Waals surface area contributed by atoms with Crippen molar-refractivity contribution in [2.45, 2.75) is 13.1 Å². The zero-order chi connectivity index (χ0) is 21.0. The molecule has 0 spiro atoms. The van der Waals surface area contributed by atoms with Crippen molar-refractivity contribution in [1.29, 1.82) is 0 Å². The van der Waals surface area contributed by atoms with Crippen molar-refractivity contribution < 1.29 is 22.8 Å². The molecule has 0 aliphatic rings. The summed E-state index contributed by atoms with van der Waals surface area (Å²) in [6.45, 7) is 1.60. The summed E-state index contributed by atoms with van der Waals surface area (Å²) < 4.78 is 38.6. The van der Waals surface area contributed by atoms with Gasteiger partial charge in [-0.1, -0.05) is 60.7 Å². The van der Waals surface area contributed by atoms with Crippen LogP contribution in [0.4, 0.5) is 13.2 Å². The zero-order valence-corrected chi connectivity index (χ0v) is 15.5. The largest absolute Gasteiger partial charge is 0.416 e. The van der Waals surface area contributed by atoms with Crippen molar-refractivity contribution >= 4 is 17.6 Å². The Hall–Kier alpha value is -3.47. The highest BCUT2D eigenvalue weighted by Crippen LogP contribution is 2.31. The number of aldehydes is 1. The van der Waals surface area contributed by atoms with E-state index in [2.05, 4.69) is 0 Å². The maximum Gasteiger partial charge on any atom is 0.416 e. The summed E-state index contributed by atoms with van der Waals surface area (Å²) in [6, 6.07) is 18.7. The summed E-state index contributed by atoms with van der Waals surface area (Å²) in [4.78, 5) is 23.7. The van der Waals surface area contributed by atoms with Gasteiger partial charge in [-0.25, -0.2) is 0 Å². The fraction of sp³-hybridized carbons (Fsp3) is 0.0833. The number of hydrogen-bond acceptors (Lipinski definition) is 2. The first-order chi connectivity index (χ1) is 13.8. The van der Waals surface area contributed by atoms with E-state index in [4.69, 9.17) is 0 Å².